The molecule has 9 nitrogen and oxygen atoms in total. The molecule has 0 atom stereocenters. The van der Waals surface area contributed by atoms with Gasteiger partial charge in [0, 0.05) is 32.5 Å². The number of hydrogen-bond donors (Lipinski definition) is 1. The number of aryl methyl sites for hydroxylation is 3. The van der Waals surface area contributed by atoms with Crippen LogP contribution in [0.2, 0.25) is 0 Å². The molecule has 1 fully saturated rings. The standard InChI is InChI=1S/C22H29N5O4S.Na/c1-26-14-18(13-23-26)27(17-8-10-31-11-9-17)32(29,30)25-22(28)24-21-19-6-2-4-15(19)12-16-5-3-7-20(16)21;/h12-14,17H,2-11H2,1H3,(H2,24,25,28);/q;+1/p-1. The predicted octanol–water partition coefficient (Wildman–Crippen LogP) is 0.238. The summed E-state index contributed by atoms with van der Waals surface area (Å²) in [5.41, 5.74) is 6.00. The maximum Gasteiger partial charge on any atom is 1.00 e. The number of carbonyl (C=O) groups is 1. The zero-order valence-electron chi connectivity index (χ0n) is 19.2. The Kier molecular flexibility index (Phi) is 7.40. The maximum absolute atomic E-state index is 13.3. The number of nitrogens with zero attached hydrogens (tertiary/aromatic N) is 4. The van der Waals surface area contributed by atoms with E-state index in [1.165, 1.54) is 26.3 Å². The molecule has 33 heavy (non-hydrogen) atoms. The fraction of sp³-hybridized carbons (Fsp3) is 0.545. The first-order valence-corrected chi connectivity index (χ1v) is 12.6. The summed E-state index contributed by atoms with van der Waals surface area (Å²) >= 11 is 0. The molecule has 0 radical (unpaired) electrons. The van der Waals surface area contributed by atoms with Crippen molar-refractivity contribution in [3.05, 3.63) is 45.4 Å². The van der Waals surface area contributed by atoms with Crippen molar-refractivity contribution in [1.82, 2.24) is 9.78 Å². The summed E-state index contributed by atoms with van der Waals surface area (Å²) in [4.78, 5) is 12.9. The third-order valence-corrected chi connectivity index (χ3v) is 8.02. The molecule has 11 heteroatoms. The normalized spacial score (nSPS) is 17.7. The van der Waals surface area contributed by atoms with E-state index in [1.54, 1.807) is 13.2 Å². The van der Waals surface area contributed by atoms with Gasteiger partial charge in [0.2, 0.25) is 0 Å². The Balaban J connectivity index is 0.00000259. The summed E-state index contributed by atoms with van der Waals surface area (Å²) in [6.07, 6.45) is 10.1. The Morgan fingerprint density at radius 2 is 1.79 bits per heavy atom. The van der Waals surface area contributed by atoms with Crippen molar-refractivity contribution >= 4 is 27.6 Å². The van der Waals surface area contributed by atoms with Crippen LogP contribution in [0.15, 0.2) is 18.5 Å². The second-order valence-electron chi connectivity index (χ2n) is 8.74. The number of amides is 2. The average molecular weight is 482 g/mol. The van der Waals surface area contributed by atoms with E-state index in [1.807, 2.05) is 0 Å². The van der Waals surface area contributed by atoms with Crippen molar-refractivity contribution in [2.75, 3.05) is 22.8 Å². The van der Waals surface area contributed by atoms with Crippen LogP contribution in [-0.2, 0) is 47.7 Å². The van der Waals surface area contributed by atoms with Gasteiger partial charge >= 0.3 is 29.6 Å². The molecule has 1 saturated heterocycles. The van der Waals surface area contributed by atoms with Crippen LogP contribution < -0.4 is 39.2 Å². The van der Waals surface area contributed by atoms with Gasteiger partial charge in [-0.2, -0.15) is 5.10 Å². The molecule has 172 valence electrons. The molecule has 1 N–H and O–H groups in total. The van der Waals surface area contributed by atoms with E-state index in [9.17, 15) is 13.2 Å². The first-order chi connectivity index (χ1) is 15.4. The molecule has 0 bridgehead atoms. The van der Waals surface area contributed by atoms with Gasteiger partial charge in [0.15, 0.2) is 6.03 Å². The van der Waals surface area contributed by atoms with E-state index in [2.05, 4.69) is 21.2 Å². The Morgan fingerprint density at radius 3 is 2.36 bits per heavy atom. The minimum atomic E-state index is -4.27. The Hall–Kier alpha value is -1.59. The maximum atomic E-state index is 13.3. The Labute approximate surface area is 216 Å². The van der Waals surface area contributed by atoms with E-state index in [0.717, 1.165) is 55.3 Å². The second kappa shape index (κ2) is 9.95. The van der Waals surface area contributed by atoms with Crippen LogP contribution in [0, 0.1) is 0 Å². The van der Waals surface area contributed by atoms with Crippen LogP contribution in [0.5, 0.6) is 0 Å². The minimum Gasteiger partial charge on any atom is -0.423 e. The number of ether oxygens (including phenoxy) is 1. The SMILES string of the molecule is Cn1cc(N(C2CCOCC2)S(=O)(=O)[N-]C(=O)Nc2c3c(cc4c2CCC4)CCC3)cn1.[Na+]. The summed E-state index contributed by atoms with van der Waals surface area (Å²) < 4.78 is 38.5. The summed E-state index contributed by atoms with van der Waals surface area (Å²) in [5, 5.41) is 6.96. The van der Waals surface area contributed by atoms with Gasteiger partial charge < -0.3 is 14.8 Å². The van der Waals surface area contributed by atoms with Gasteiger partial charge in [0.25, 0.3) is 10.2 Å². The van der Waals surface area contributed by atoms with Crippen molar-refractivity contribution < 1.29 is 47.5 Å². The van der Waals surface area contributed by atoms with Crippen LogP contribution in [-0.4, -0.2) is 43.5 Å². The van der Waals surface area contributed by atoms with Crippen LogP contribution in [0.4, 0.5) is 16.2 Å². The molecule has 0 spiro atoms. The van der Waals surface area contributed by atoms with Gasteiger partial charge in [-0.3, -0.25) is 13.8 Å². The molecule has 1 aromatic carbocycles. The van der Waals surface area contributed by atoms with Crippen molar-refractivity contribution in [1.29, 1.82) is 0 Å². The molecule has 3 aliphatic rings. The fourth-order valence-corrected chi connectivity index (χ4v) is 6.51. The number of carbonyl (C=O) groups excluding carboxylic acids is 1. The average Bonchev–Trinajstić information content (AvgIpc) is 3.49. The van der Waals surface area contributed by atoms with Gasteiger partial charge in [-0.05, 0) is 79.3 Å². The third kappa shape index (κ3) is 4.95. The van der Waals surface area contributed by atoms with Gasteiger partial charge in [0.05, 0.1) is 11.9 Å². The summed E-state index contributed by atoms with van der Waals surface area (Å²) in [6, 6.07) is 1.09. The molecule has 1 aromatic heterocycles. The van der Waals surface area contributed by atoms with E-state index in [0.29, 0.717) is 31.7 Å². The molecule has 2 amide bonds. The summed E-state index contributed by atoms with van der Waals surface area (Å²) in [5.74, 6) is 0. The van der Waals surface area contributed by atoms with E-state index >= 15 is 0 Å². The molecule has 2 aromatic rings. The minimum absolute atomic E-state index is 0. The Bertz CT molecular complexity index is 1110. The van der Waals surface area contributed by atoms with Gasteiger partial charge in [-0.25, -0.2) is 8.42 Å². The first kappa shape index (κ1) is 24.5. The van der Waals surface area contributed by atoms with Crippen molar-refractivity contribution in [2.45, 2.75) is 57.4 Å². The van der Waals surface area contributed by atoms with Gasteiger partial charge in [0.1, 0.15) is 0 Å². The number of nitrogens with one attached hydrogen (secondary N) is 1. The number of aromatic nitrogens is 2. The predicted molar refractivity (Wildman–Crippen MR) is 121 cm³/mol. The molecule has 2 heterocycles. The number of rotatable bonds is 5. The van der Waals surface area contributed by atoms with Crippen LogP contribution >= 0.6 is 0 Å². The first-order valence-electron chi connectivity index (χ1n) is 11.2. The quantitative estimate of drug-likeness (QED) is 0.616. The van der Waals surface area contributed by atoms with Gasteiger partial charge in [-0.15, -0.1) is 0 Å². The smallest absolute Gasteiger partial charge is 0.423 e. The molecule has 0 unspecified atom stereocenters. The fourth-order valence-electron chi connectivity index (χ4n) is 5.22. The number of anilines is 2. The van der Waals surface area contributed by atoms with Crippen molar-refractivity contribution in [3.63, 3.8) is 0 Å². The summed E-state index contributed by atoms with van der Waals surface area (Å²) in [7, 11) is -2.55. The van der Waals surface area contributed by atoms with E-state index in [4.69, 9.17) is 4.74 Å². The molecule has 1 aliphatic heterocycles. The zero-order valence-corrected chi connectivity index (χ0v) is 22.0. The molecular formula is C22H28N5NaO4S. The van der Waals surface area contributed by atoms with E-state index in [-0.39, 0.29) is 35.6 Å². The van der Waals surface area contributed by atoms with Crippen molar-refractivity contribution in [2.24, 2.45) is 7.05 Å². The van der Waals surface area contributed by atoms with Crippen molar-refractivity contribution in [3.8, 4) is 0 Å². The zero-order chi connectivity index (χ0) is 22.3. The monoisotopic (exact) mass is 481 g/mol. The number of urea groups is 1. The largest absolute Gasteiger partial charge is 1.00 e. The molecule has 0 saturated carbocycles. The number of hydrogen-bond acceptors (Lipinski definition) is 5. The van der Waals surface area contributed by atoms with Crippen LogP contribution in [0.3, 0.4) is 0 Å². The topological polar surface area (TPSA) is 108 Å². The van der Waals surface area contributed by atoms with Crippen LogP contribution in [0.1, 0.15) is 47.9 Å². The van der Waals surface area contributed by atoms with Crippen LogP contribution in [0.25, 0.3) is 4.72 Å². The summed E-state index contributed by atoms with van der Waals surface area (Å²) in [6.45, 7) is 0.927. The third-order valence-electron chi connectivity index (χ3n) is 6.62. The number of benzene rings is 1. The van der Waals surface area contributed by atoms with E-state index < -0.39 is 16.2 Å². The second-order valence-corrected chi connectivity index (χ2v) is 10.2. The Morgan fingerprint density at radius 1 is 1.15 bits per heavy atom. The molecule has 2 aliphatic carbocycles. The molecule has 5 rings (SSSR count). The number of fused-ring (bicyclic) bond motifs is 2. The molecular weight excluding hydrogens is 453 g/mol. The van der Waals surface area contributed by atoms with Gasteiger partial charge in [-0.1, -0.05) is 6.07 Å².